The number of hydrogen-bond acceptors (Lipinski definition) is 6. The van der Waals surface area contributed by atoms with Gasteiger partial charge in [0, 0.05) is 32.3 Å². The predicted molar refractivity (Wildman–Crippen MR) is 106 cm³/mol. The van der Waals surface area contributed by atoms with Gasteiger partial charge in [-0.2, -0.15) is 0 Å². The molecule has 2 atom stereocenters. The first kappa shape index (κ1) is 20.6. The van der Waals surface area contributed by atoms with Gasteiger partial charge in [-0.05, 0) is 18.2 Å². The zero-order chi connectivity index (χ0) is 20.6. The summed E-state index contributed by atoms with van der Waals surface area (Å²) < 4.78 is 16.0. The van der Waals surface area contributed by atoms with Gasteiger partial charge in [0.1, 0.15) is 17.9 Å². The Labute approximate surface area is 169 Å². The predicted octanol–water partition coefficient (Wildman–Crippen LogP) is 1.51. The molecule has 2 amide bonds. The average Bonchev–Trinajstić information content (AvgIpc) is 3.18. The van der Waals surface area contributed by atoms with Crippen LogP contribution >= 0.6 is 0 Å². The highest BCUT2D eigenvalue weighted by Crippen LogP contribution is 2.25. The second kappa shape index (κ2) is 9.88. The van der Waals surface area contributed by atoms with E-state index in [2.05, 4.69) is 10.3 Å². The molecule has 0 spiro atoms. The monoisotopic (exact) mass is 399 g/mol. The number of para-hydroxylation sites is 1. The highest BCUT2D eigenvalue weighted by molar-refractivity contribution is 5.97. The molecule has 1 fully saturated rings. The lowest BCUT2D eigenvalue weighted by molar-refractivity contribution is -0.125. The second-order valence-electron chi connectivity index (χ2n) is 6.63. The first-order valence-electron chi connectivity index (χ1n) is 9.41. The molecule has 0 saturated carbocycles. The third-order valence-corrected chi connectivity index (χ3v) is 4.67. The van der Waals surface area contributed by atoms with Crippen molar-refractivity contribution in [2.75, 3.05) is 33.9 Å². The Hall–Kier alpha value is -3.13. The quantitative estimate of drug-likeness (QED) is 0.677. The van der Waals surface area contributed by atoms with Gasteiger partial charge >= 0.3 is 0 Å². The van der Waals surface area contributed by atoms with Crippen LogP contribution < -0.4 is 14.8 Å². The van der Waals surface area contributed by atoms with E-state index in [-0.39, 0.29) is 17.9 Å². The molecule has 3 rings (SSSR count). The molecule has 0 radical (unpaired) electrons. The summed E-state index contributed by atoms with van der Waals surface area (Å²) >= 11 is 0. The fraction of sp³-hybridized carbons (Fsp3) is 0.381. The van der Waals surface area contributed by atoms with Crippen LogP contribution in [0.25, 0.3) is 0 Å². The van der Waals surface area contributed by atoms with E-state index in [0.717, 1.165) is 0 Å². The molecule has 1 aromatic carbocycles. The summed E-state index contributed by atoms with van der Waals surface area (Å²) in [6, 6.07) is 12.0. The molecule has 1 N–H and O–H groups in total. The number of hydrogen-bond donors (Lipinski definition) is 1. The number of aromatic nitrogens is 1. The van der Waals surface area contributed by atoms with Crippen molar-refractivity contribution < 1.29 is 23.8 Å². The summed E-state index contributed by atoms with van der Waals surface area (Å²) in [5.41, 5.74) is 0.390. The SMILES string of the molecule is COCCNC(=O)[C@@H]1C[C@H](Oc2ccccc2)CN1C(=O)c1ccc(OC)nc1. The summed E-state index contributed by atoms with van der Waals surface area (Å²) in [6.07, 6.45) is 1.57. The molecular formula is C21H25N3O5. The summed E-state index contributed by atoms with van der Waals surface area (Å²) in [5.74, 6) is 0.626. The normalized spacial score (nSPS) is 18.3. The van der Waals surface area contributed by atoms with E-state index in [1.54, 1.807) is 24.1 Å². The lowest BCUT2D eigenvalue weighted by atomic mass is 10.1. The van der Waals surface area contributed by atoms with Crippen LogP contribution in [0.5, 0.6) is 11.6 Å². The summed E-state index contributed by atoms with van der Waals surface area (Å²) in [4.78, 5) is 31.4. The van der Waals surface area contributed by atoms with Crippen molar-refractivity contribution in [3.8, 4) is 11.6 Å². The largest absolute Gasteiger partial charge is 0.488 e. The maximum atomic E-state index is 13.1. The number of pyridine rings is 1. The lowest BCUT2D eigenvalue weighted by Crippen LogP contribution is -2.46. The number of likely N-dealkylation sites (tertiary alicyclic amines) is 1. The van der Waals surface area contributed by atoms with E-state index in [1.165, 1.54) is 13.3 Å². The number of carbonyl (C=O) groups excluding carboxylic acids is 2. The van der Waals surface area contributed by atoms with Gasteiger partial charge in [0.05, 0.1) is 25.8 Å². The third kappa shape index (κ3) is 5.23. The van der Waals surface area contributed by atoms with E-state index in [1.807, 2.05) is 30.3 Å². The maximum Gasteiger partial charge on any atom is 0.256 e. The molecule has 154 valence electrons. The third-order valence-electron chi connectivity index (χ3n) is 4.67. The molecule has 0 unspecified atom stereocenters. The van der Waals surface area contributed by atoms with Gasteiger partial charge < -0.3 is 24.4 Å². The van der Waals surface area contributed by atoms with Crippen LogP contribution in [0, 0.1) is 0 Å². The number of carbonyl (C=O) groups is 2. The topological polar surface area (TPSA) is 90.0 Å². The zero-order valence-electron chi connectivity index (χ0n) is 16.5. The Morgan fingerprint density at radius 2 is 1.97 bits per heavy atom. The molecule has 8 nitrogen and oxygen atoms in total. The van der Waals surface area contributed by atoms with Crippen molar-refractivity contribution in [2.24, 2.45) is 0 Å². The number of nitrogens with one attached hydrogen (secondary N) is 1. The number of methoxy groups -OCH3 is 2. The van der Waals surface area contributed by atoms with Crippen LogP contribution in [0.4, 0.5) is 0 Å². The van der Waals surface area contributed by atoms with E-state index < -0.39 is 6.04 Å². The van der Waals surface area contributed by atoms with Gasteiger partial charge in [0.25, 0.3) is 5.91 Å². The molecule has 0 bridgehead atoms. The molecular weight excluding hydrogens is 374 g/mol. The van der Waals surface area contributed by atoms with Crippen LogP contribution in [-0.4, -0.2) is 67.8 Å². The number of benzene rings is 1. The molecule has 2 heterocycles. The highest BCUT2D eigenvalue weighted by atomic mass is 16.5. The lowest BCUT2D eigenvalue weighted by Gasteiger charge is -2.23. The standard InChI is InChI=1S/C21H25N3O5/c1-27-11-10-22-20(25)18-12-17(29-16-6-4-3-5-7-16)14-24(18)21(26)15-8-9-19(28-2)23-13-15/h3-9,13,17-18H,10-12,14H2,1-2H3,(H,22,25)/t17-,18-/m0/s1. The maximum absolute atomic E-state index is 13.1. The molecule has 1 aromatic heterocycles. The molecule has 0 aliphatic carbocycles. The van der Waals surface area contributed by atoms with Crippen molar-refractivity contribution in [1.82, 2.24) is 15.2 Å². The van der Waals surface area contributed by atoms with Crippen LogP contribution in [0.2, 0.25) is 0 Å². The molecule has 29 heavy (non-hydrogen) atoms. The van der Waals surface area contributed by atoms with Crippen molar-refractivity contribution in [3.63, 3.8) is 0 Å². The summed E-state index contributed by atoms with van der Waals surface area (Å²) in [5, 5.41) is 2.82. The van der Waals surface area contributed by atoms with Crippen molar-refractivity contribution in [1.29, 1.82) is 0 Å². The zero-order valence-corrected chi connectivity index (χ0v) is 16.5. The Bertz CT molecular complexity index is 813. The van der Waals surface area contributed by atoms with Gasteiger partial charge in [0.2, 0.25) is 11.8 Å². The van der Waals surface area contributed by atoms with Crippen LogP contribution in [-0.2, 0) is 9.53 Å². The fourth-order valence-corrected chi connectivity index (χ4v) is 3.23. The Balaban J connectivity index is 1.75. The summed E-state index contributed by atoms with van der Waals surface area (Å²) in [7, 11) is 3.08. The van der Waals surface area contributed by atoms with Crippen molar-refractivity contribution in [3.05, 3.63) is 54.2 Å². The first-order chi connectivity index (χ1) is 14.1. The highest BCUT2D eigenvalue weighted by Gasteiger charge is 2.41. The van der Waals surface area contributed by atoms with Crippen LogP contribution in [0.1, 0.15) is 16.8 Å². The number of rotatable bonds is 8. The minimum Gasteiger partial charge on any atom is -0.488 e. The summed E-state index contributed by atoms with van der Waals surface area (Å²) in [6.45, 7) is 1.09. The Morgan fingerprint density at radius 3 is 2.62 bits per heavy atom. The molecule has 8 heteroatoms. The van der Waals surface area contributed by atoms with Gasteiger partial charge in [-0.1, -0.05) is 18.2 Å². The smallest absolute Gasteiger partial charge is 0.256 e. The van der Waals surface area contributed by atoms with E-state index in [9.17, 15) is 9.59 Å². The number of nitrogens with zero attached hydrogens (tertiary/aromatic N) is 2. The van der Waals surface area contributed by atoms with E-state index in [4.69, 9.17) is 14.2 Å². The first-order valence-corrected chi connectivity index (χ1v) is 9.41. The fourth-order valence-electron chi connectivity index (χ4n) is 3.23. The van der Waals surface area contributed by atoms with Gasteiger partial charge in [-0.25, -0.2) is 4.98 Å². The second-order valence-corrected chi connectivity index (χ2v) is 6.63. The molecule has 2 aromatic rings. The van der Waals surface area contributed by atoms with Crippen molar-refractivity contribution >= 4 is 11.8 Å². The molecule has 1 aliphatic rings. The van der Waals surface area contributed by atoms with E-state index in [0.29, 0.717) is 43.3 Å². The Morgan fingerprint density at radius 1 is 1.17 bits per heavy atom. The van der Waals surface area contributed by atoms with E-state index >= 15 is 0 Å². The Kier molecular flexibility index (Phi) is 7.02. The minimum atomic E-state index is -0.629. The number of amides is 2. The average molecular weight is 399 g/mol. The molecule has 1 saturated heterocycles. The minimum absolute atomic E-state index is 0.226. The van der Waals surface area contributed by atoms with Gasteiger partial charge in [-0.15, -0.1) is 0 Å². The van der Waals surface area contributed by atoms with Gasteiger partial charge in [-0.3, -0.25) is 9.59 Å². The van der Waals surface area contributed by atoms with Crippen LogP contribution in [0.3, 0.4) is 0 Å². The van der Waals surface area contributed by atoms with Gasteiger partial charge in [0.15, 0.2) is 0 Å². The van der Waals surface area contributed by atoms with Crippen molar-refractivity contribution in [2.45, 2.75) is 18.6 Å². The number of ether oxygens (including phenoxy) is 3. The molecule has 1 aliphatic heterocycles. The van der Waals surface area contributed by atoms with Crippen LogP contribution in [0.15, 0.2) is 48.7 Å².